The van der Waals surface area contributed by atoms with Crippen molar-refractivity contribution in [2.45, 2.75) is 110 Å². The van der Waals surface area contributed by atoms with Crippen LogP contribution < -0.4 is 10.5 Å². The summed E-state index contributed by atoms with van der Waals surface area (Å²) in [5.74, 6) is 0.297. The van der Waals surface area contributed by atoms with Gasteiger partial charge in [0, 0.05) is 0 Å². The van der Waals surface area contributed by atoms with Crippen LogP contribution in [0.25, 0.3) is 0 Å². The topological polar surface area (TPSA) is 52.3 Å². The van der Waals surface area contributed by atoms with Crippen LogP contribution in [-0.2, 0) is 11.2 Å². The van der Waals surface area contributed by atoms with E-state index < -0.39 is 12.0 Å². The van der Waals surface area contributed by atoms with Crippen LogP contribution in [0.3, 0.4) is 0 Å². The molecule has 0 aliphatic heterocycles. The molecule has 3 heteroatoms. The Balaban J connectivity index is 2.00. The number of rotatable bonds is 17. The monoisotopic (exact) mass is 375 g/mol. The van der Waals surface area contributed by atoms with E-state index in [2.05, 4.69) is 13.0 Å². The maximum Gasteiger partial charge on any atom is 0.258 e. The van der Waals surface area contributed by atoms with E-state index in [4.69, 9.17) is 10.5 Å². The number of nitrogens with two attached hydrogens (primary N) is 1. The van der Waals surface area contributed by atoms with Crippen LogP contribution in [0.15, 0.2) is 24.3 Å². The first-order valence-corrected chi connectivity index (χ1v) is 11.2. The van der Waals surface area contributed by atoms with E-state index in [-0.39, 0.29) is 0 Å². The number of carbonyl (C=O) groups excluding carboxylic acids is 1. The molecule has 154 valence electrons. The van der Waals surface area contributed by atoms with Gasteiger partial charge < -0.3 is 10.5 Å². The Labute approximate surface area is 167 Å². The lowest BCUT2D eigenvalue weighted by Gasteiger charge is -2.12. The molecule has 0 bridgehead atoms. The van der Waals surface area contributed by atoms with Gasteiger partial charge in [0.15, 0.2) is 6.10 Å². The predicted molar refractivity (Wildman–Crippen MR) is 115 cm³/mol. The minimum atomic E-state index is -0.586. The van der Waals surface area contributed by atoms with Gasteiger partial charge in [0.05, 0.1) is 0 Å². The fraction of sp³-hybridized carbons (Fsp3) is 0.708. The van der Waals surface area contributed by atoms with Gasteiger partial charge in [-0.1, -0.05) is 96.1 Å². The Hall–Kier alpha value is -1.51. The largest absolute Gasteiger partial charge is 0.481 e. The number of hydrogen-bond acceptors (Lipinski definition) is 2. The van der Waals surface area contributed by atoms with E-state index in [1.165, 1.54) is 89.0 Å². The van der Waals surface area contributed by atoms with Crippen LogP contribution in [0.4, 0.5) is 0 Å². The number of amides is 1. The molecule has 0 spiro atoms. The number of benzene rings is 1. The van der Waals surface area contributed by atoms with Crippen molar-refractivity contribution in [3.63, 3.8) is 0 Å². The number of aryl methyl sites for hydroxylation is 1. The Morgan fingerprint density at radius 3 is 1.93 bits per heavy atom. The Morgan fingerprint density at radius 1 is 0.889 bits per heavy atom. The Bertz CT molecular complexity index is 501. The van der Waals surface area contributed by atoms with Crippen LogP contribution in [0.1, 0.15) is 103 Å². The van der Waals surface area contributed by atoms with Crippen LogP contribution >= 0.6 is 0 Å². The molecule has 27 heavy (non-hydrogen) atoms. The van der Waals surface area contributed by atoms with Gasteiger partial charge in [-0.25, -0.2) is 0 Å². The number of carbonyl (C=O) groups is 1. The zero-order valence-corrected chi connectivity index (χ0v) is 17.7. The summed E-state index contributed by atoms with van der Waals surface area (Å²) >= 11 is 0. The van der Waals surface area contributed by atoms with Crippen LogP contribution in [0, 0.1) is 0 Å². The summed E-state index contributed by atoms with van der Waals surface area (Å²) < 4.78 is 5.56. The maximum atomic E-state index is 11.1. The van der Waals surface area contributed by atoms with Crippen molar-refractivity contribution in [2.24, 2.45) is 5.73 Å². The second-order valence-corrected chi connectivity index (χ2v) is 7.80. The molecule has 1 aromatic carbocycles. The summed E-state index contributed by atoms with van der Waals surface area (Å²) in [7, 11) is 0. The molecule has 0 aliphatic carbocycles. The zero-order chi connectivity index (χ0) is 19.7. The lowest BCUT2D eigenvalue weighted by molar-refractivity contribution is -0.123. The highest BCUT2D eigenvalue weighted by atomic mass is 16.5. The summed E-state index contributed by atoms with van der Waals surface area (Å²) in [5.41, 5.74) is 6.52. The van der Waals surface area contributed by atoms with Gasteiger partial charge in [-0.15, -0.1) is 0 Å². The predicted octanol–water partition coefficient (Wildman–Crippen LogP) is 6.57. The lowest BCUT2D eigenvalue weighted by Crippen LogP contribution is -2.30. The van der Waals surface area contributed by atoms with E-state index in [0.29, 0.717) is 0 Å². The summed E-state index contributed by atoms with van der Waals surface area (Å²) in [5, 5.41) is 0. The van der Waals surface area contributed by atoms with Gasteiger partial charge in [-0.2, -0.15) is 0 Å². The van der Waals surface area contributed by atoms with Crippen molar-refractivity contribution in [3.8, 4) is 5.75 Å². The molecule has 0 saturated carbocycles. The minimum Gasteiger partial charge on any atom is -0.481 e. The third-order valence-electron chi connectivity index (χ3n) is 5.18. The zero-order valence-electron chi connectivity index (χ0n) is 17.7. The molecule has 3 nitrogen and oxygen atoms in total. The third-order valence-corrected chi connectivity index (χ3v) is 5.18. The molecule has 1 rings (SSSR count). The van der Waals surface area contributed by atoms with E-state index in [9.17, 15) is 4.79 Å². The van der Waals surface area contributed by atoms with Crippen molar-refractivity contribution in [1.82, 2.24) is 0 Å². The molecule has 1 atom stereocenters. The molecule has 0 radical (unpaired) electrons. The molecule has 2 N–H and O–H groups in total. The highest BCUT2D eigenvalue weighted by Crippen LogP contribution is 2.18. The SMILES string of the molecule is CCCCCCCCCCCCCCCc1cccc(OC(C)C(N)=O)c1. The van der Waals surface area contributed by atoms with Crippen molar-refractivity contribution >= 4 is 5.91 Å². The molecule has 0 heterocycles. The summed E-state index contributed by atoms with van der Waals surface area (Å²) in [4.78, 5) is 11.1. The lowest BCUT2D eigenvalue weighted by atomic mass is 10.0. The van der Waals surface area contributed by atoms with E-state index >= 15 is 0 Å². The van der Waals surface area contributed by atoms with Gasteiger partial charge in [-0.05, 0) is 37.5 Å². The molecular weight excluding hydrogens is 334 g/mol. The quantitative estimate of drug-likeness (QED) is 0.313. The molecule has 0 fully saturated rings. The number of hydrogen-bond donors (Lipinski definition) is 1. The van der Waals surface area contributed by atoms with Gasteiger partial charge >= 0.3 is 0 Å². The van der Waals surface area contributed by atoms with Gasteiger partial charge in [0.1, 0.15) is 5.75 Å². The Kier molecular flexibility index (Phi) is 13.5. The van der Waals surface area contributed by atoms with E-state index in [1.807, 2.05) is 18.2 Å². The average molecular weight is 376 g/mol. The van der Waals surface area contributed by atoms with Crippen molar-refractivity contribution < 1.29 is 9.53 Å². The van der Waals surface area contributed by atoms with E-state index in [1.54, 1.807) is 6.92 Å². The standard InChI is InChI=1S/C24H41NO2/c1-3-4-5-6-7-8-9-10-11-12-13-14-15-17-22-18-16-19-23(20-22)27-21(2)24(25)26/h16,18-21H,3-15,17H2,1-2H3,(H2,25,26). The van der Waals surface area contributed by atoms with Crippen molar-refractivity contribution in [1.29, 1.82) is 0 Å². The smallest absolute Gasteiger partial charge is 0.258 e. The molecule has 1 amide bonds. The molecule has 0 aliphatic rings. The average Bonchev–Trinajstić information content (AvgIpc) is 2.65. The molecule has 1 aromatic rings. The molecular formula is C24H41NO2. The van der Waals surface area contributed by atoms with Gasteiger partial charge in [-0.3, -0.25) is 4.79 Å². The van der Waals surface area contributed by atoms with Gasteiger partial charge in [0.2, 0.25) is 0 Å². The number of unbranched alkanes of at least 4 members (excludes halogenated alkanes) is 12. The first-order chi connectivity index (χ1) is 13.1. The second kappa shape index (κ2) is 15.5. The summed E-state index contributed by atoms with van der Waals surface area (Å²) in [6.07, 6.45) is 18.4. The van der Waals surface area contributed by atoms with Gasteiger partial charge in [0.25, 0.3) is 5.91 Å². The first kappa shape index (κ1) is 23.5. The Morgan fingerprint density at radius 2 is 1.41 bits per heavy atom. The maximum absolute atomic E-state index is 11.1. The second-order valence-electron chi connectivity index (χ2n) is 7.80. The number of primary amides is 1. The highest BCUT2D eigenvalue weighted by molar-refractivity contribution is 5.78. The van der Waals surface area contributed by atoms with E-state index in [0.717, 1.165) is 12.2 Å². The fourth-order valence-corrected chi connectivity index (χ4v) is 3.38. The van der Waals surface area contributed by atoms with Crippen molar-refractivity contribution in [2.75, 3.05) is 0 Å². The fourth-order valence-electron chi connectivity index (χ4n) is 3.38. The number of ether oxygens (including phenoxy) is 1. The van der Waals surface area contributed by atoms with Crippen LogP contribution in [0.5, 0.6) is 5.75 Å². The highest BCUT2D eigenvalue weighted by Gasteiger charge is 2.10. The minimum absolute atomic E-state index is 0.433. The summed E-state index contributed by atoms with van der Waals surface area (Å²) in [6, 6.07) is 8.02. The molecule has 1 unspecified atom stereocenters. The summed E-state index contributed by atoms with van der Waals surface area (Å²) in [6.45, 7) is 3.96. The first-order valence-electron chi connectivity index (χ1n) is 11.2. The van der Waals surface area contributed by atoms with Crippen LogP contribution in [0.2, 0.25) is 0 Å². The normalized spacial score (nSPS) is 12.1. The third kappa shape index (κ3) is 12.5. The molecule has 0 aromatic heterocycles. The van der Waals surface area contributed by atoms with Crippen LogP contribution in [-0.4, -0.2) is 12.0 Å². The van der Waals surface area contributed by atoms with Crippen molar-refractivity contribution in [3.05, 3.63) is 29.8 Å². The molecule has 0 saturated heterocycles.